The molecular weight excluding hydrogens is 344 g/mol. The summed E-state index contributed by atoms with van der Waals surface area (Å²) in [5.74, 6) is 0.0337. The molecule has 4 nitrogen and oxygen atoms in total. The van der Waals surface area contributed by atoms with Gasteiger partial charge in [0, 0.05) is 5.56 Å². The third-order valence-electron chi connectivity index (χ3n) is 5.69. The second kappa shape index (κ2) is 9.35. The van der Waals surface area contributed by atoms with Crippen LogP contribution in [0.3, 0.4) is 0 Å². The van der Waals surface area contributed by atoms with Crippen molar-refractivity contribution in [3.8, 4) is 5.75 Å². The minimum Gasteiger partial charge on any atom is -0.508 e. The lowest BCUT2D eigenvalue weighted by molar-refractivity contribution is 0.0294. The number of hydrogen-bond donors (Lipinski definition) is 3. The van der Waals surface area contributed by atoms with Crippen LogP contribution in [-0.4, -0.2) is 29.2 Å². The Hall–Kier alpha value is -0.883. The first-order valence-electron chi connectivity index (χ1n) is 9.90. The van der Waals surface area contributed by atoms with Crippen molar-refractivity contribution in [2.24, 2.45) is 0 Å². The fourth-order valence-corrected chi connectivity index (χ4v) is 6.93. The summed E-state index contributed by atoms with van der Waals surface area (Å²) in [4.78, 5) is 0. The molecule has 26 heavy (non-hydrogen) atoms. The lowest BCUT2D eigenvalue weighted by Crippen LogP contribution is -2.44. The molecule has 0 unspecified atom stereocenters. The first-order valence-corrected chi connectivity index (χ1v) is 12.4. The summed E-state index contributed by atoms with van der Waals surface area (Å²) in [6, 6.07) is 8.34. The maximum atomic E-state index is 10.8. The molecule has 1 aromatic carbocycles. The molecule has 0 radical (unpaired) electrons. The van der Waals surface area contributed by atoms with Gasteiger partial charge in [0.15, 0.2) is 8.32 Å². The smallest absolute Gasteiger partial charge is 0.192 e. The highest BCUT2D eigenvalue weighted by molar-refractivity contribution is 6.73. The fraction of sp³-hybridized carbons (Fsp3) is 0.714. The molecule has 0 fully saturated rings. The van der Waals surface area contributed by atoms with Gasteiger partial charge in [0.1, 0.15) is 5.75 Å². The third-order valence-corrected chi connectivity index (χ3v) is 10.5. The third kappa shape index (κ3) is 6.08. The van der Waals surface area contributed by atoms with Crippen LogP contribution in [0.2, 0.25) is 18.1 Å². The van der Waals surface area contributed by atoms with Crippen LogP contribution in [-0.2, 0) is 16.6 Å². The molecule has 150 valence electrons. The predicted octanol–water partition coefficient (Wildman–Crippen LogP) is 5.06. The maximum Gasteiger partial charge on any atom is 0.192 e. The normalized spacial score (nSPS) is 15.1. The number of hydrogen-bond acceptors (Lipinski definition) is 4. The molecule has 1 aromatic rings. The summed E-state index contributed by atoms with van der Waals surface area (Å²) in [5.41, 5.74) is -0.167. The van der Waals surface area contributed by atoms with E-state index in [2.05, 4.69) is 34.6 Å². The van der Waals surface area contributed by atoms with Gasteiger partial charge in [0.05, 0.1) is 17.8 Å². The van der Waals surface area contributed by atoms with Gasteiger partial charge < -0.3 is 19.7 Å². The SMILES string of the molecule is CC[Si](CC)(CC)OC(C)(C)CCC[C@](C)(O)c1ccc(CO)cc1O. The quantitative estimate of drug-likeness (QED) is 0.468. The average molecular weight is 383 g/mol. The highest BCUT2D eigenvalue weighted by Gasteiger charge is 2.36. The molecule has 0 aliphatic rings. The predicted molar refractivity (Wildman–Crippen MR) is 110 cm³/mol. The van der Waals surface area contributed by atoms with Crippen LogP contribution in [0.5, 0.6) is 5.75 Å². The van der Waals surface area contributed by atoms with E-state index in [9.17, 15) is 10.2 Å². The summed E-state index contributed by atoms with van der Waals surface area (Å²) >= 11 is 0. The minimum absolute atomic E-state index is 0.0337. The number of benzene rings is 1. The van der Waals surface area contributed by atoms with E-state index in [1.165, 1.54) is 6.07 Å². The van der Waals surface area contributed by atoms with E-state index in [4.69, 9.17) is 9.53 Å². The lowest BCUT2D eigenvalue weighted by Gasteiger charge is -2.39. The number of phenols is 1. The first-order chi connectivity index (χ1) is 12.0. The molecule has 0 saturated carbocycles. The minimum atomic E-state index is -1.66. The Labute approximate surface area is 160 Å². The Morgan fingerprint density at radius 2 is 1.58 bits per heavy atom. The zero-order chi connectivity index (χ0) is 20.0. The van der Waals surface area contributed by atoms with Crippen LogP contribution >= 0.6 is 0 Å². The van der Waals surface area contributed by atoms with Crippen molar-refractivity contribution in [3.63, 3.8) is 0 Å². The molecule has 3 N–H and O–H groups in total. The van der Waals surface area contributed by atoms with Crippen LogP contribution in [0, 0.1) is 0 Å². The maximum absolute atomic E-state index is 10.8. The van der Waals surface area contributed by atoms with Crippen LogP contribution in [0.25, 0.3) is 0 Å². The monoisotopic (exact) mass is 382 g/mol. The number of aliphatic hydroxyl groups excluding tert-OH is 1. The Morgan fingerprint density at radius 3 is 2.04 bits per heavy atom. The van der Waals surface area contributed by atoms with E-state index in [0.29, 0.717) is 17.5 Å². The van der Waals surface area contributed by atoms with Crippen molar-refractivity contribution >= 4 is 8.32 Å². The van der Waals surface area contributed by atoms with Gasteiger partial charge in [-0.2, -0.15) is 0 Å². The van der Waals surface area contributed by atoms with Crippen LogP contribution in [0.4, 0.5) is 0 Å². The zero-order valence-electron chi connectivity index (χ0n) is 17.4. The summed E-state index contributed by atoms with van der Waals surface area (Å²) in [7, 11) is -1.66. The average Bonchev–Trinajstić information content (AvgIpc) is 2.59. The van der Waals surface area contributed by atoms with Crippen molar-refractivity contribution < 1.29 is 19.7 Å². The largest absolute Gasteiger partial charge is 0.508 e. The lowest BCUT2D eigenvalue weighted by atomic mass is 9.87. The van der Waals surface area contributed by atoms with Crippen molar-refractivity contribution in [1.29, 1.82) is 0 Å². The standard InChI is InChI=1S/C21H38O4Si/c1-7-26(8-2,9-3)25-20(4,5)13-10-14-21(6,24)18-12-11-17(16-22)15-19(18)23/h11-12,15,22-24H,7-10,13-14,16H2,1-6H3/t21-/m0/s1. The molecule has 1 rings (SSSR count). The molecule has 0 aromatic heterocycles. The van der Waals surface area contributed by atoms with Crippen LogP contribution in [0.15, 0.2) is 18.2 Å². The van der Waals surface area contributed by atoms with E-state index in [1.807, 2.05) is 0 Å². The fourth-order valence-electron chi connectivity index (χ4n) is 3.73. The molecule has 0 aliphatic heterocycles. The van der Waals surface area contributed by atoms with Gasteiger partial charge in [-0.3, -0.25) is 0 Å². The molecule has 0 bridgehead atoms. The van der Waals surface area contributed by atoms with Gasteiger partial charge >= 0.3 is 0 Å². The van der Waals surface area contributed by atoms with Gasteiger partial charge in [-0.1, -0.05) is 32.9 Å². The number of aromatic hydroxyl groups is 1. The van der Waals surface area contributed by atoms with Crippen molar-refractivity contribution in [1.82, 2.24) is 0 Å². The van der Waals surface area contributed by atoms with E-state index < -0.39 is 13.9 Å². The van der Waals surface area contributed by atoms with E-state index >= 15 is 0 Å². The number of aliphatic hydroxyl groups is 2. The molecule has 0 spiro atoms. The Balaban J connectivity index is 2.73. The number of rotatable bonds is 11. The van der Waals surface area contributed by atoms with E-state index in [1.54, 1.807) is 19.1 Å². The number of phenolic OH excluding ortho intramolecular Hbond substituents is 1. The molecular formula is C21H38O4Si. The first kappa shape index (κ1) is 23.2. The Morgan fingerprint density at radius 1 is 1.00 bits per heavy atom. The summed E-state index contributed by atoms with van der Waals surface area (Å²) in [6.45, 7) is 12.6. The topological polar surface area (TPSA) is 69.9 Å². The van der Waals surface area contributed by atoms with Crippen molar-refractivity contribution in [3.05, 3.63) is 29.3 Å². The van der Waals surface area contributed by atoms with Crippen molar-refractivity contribution in [2.75, 3.05) is 0 Å². The molecule has 0 heterocycles. The Bertz CT molecular complexity index is 557. The van der Waals surface area contributed by atoms with Gasteiger partial charge in [-0.15, -0.1) is 0 Å². The van der Waals surface area contributed by atoms with Crippen LogP contribution in [0.1, 0.15) is 71.9 Å². The van der Waals surface area contributed by atoms with Crippen LogP contribution < -0.4 is 0 Å². The van der Waals surface area contributed by atoms with Gasteiger partial charge in [0.2, 0.25) is 0 Å². The highest BCUT2D eigenvalue weighted by Crippen LogP contribution is 2.36. The van der Waals surface area contributed by atoms with Gasteiger partial charge in [-0.25, -0.2) is 0 Å². The molecule has 0 aliphatic carbocycles. The van der Waals surface area contributed by atoms with Gasteiger partial charge in [0.25, 0.3) is 0 Å². The molecule has 0 saturated heterocycles. The second-order valence-electron chi connectivity index (χ2n) is 8.24. The zero-order valence-corrected chi connectivity index (χ0v) is 18.4. The summed E-state index contributed by atoms with van der Waals surface area (Å²) < 4.78 is 6.63. The van der Waals surface area contributed by atoms with Crippen molar-refractivity contribution in [2.45, 2.75) is 96.7 Å². The molecule has 5 heteroatoms. The second-order valence-corrected chi connectivity index (χ2v) is 12.9. The van der Waals surface area contributed by atoms with E-state index in [-0.39, 0.29) is 18.0 Å². The highest BCUT2D eigenvalue weighted by atomic mass is 28.4. The van der Waals surface area contributed by atoms with Gasteiger partial charge in [-0.05, 0) is 69.8 Å². The molecule has 0 amide bonds. The summed E-state index contributed by atoms with van der Waals surface area (Å²) in [5, 5.41) is 30.2. The Kier molecular flexibility index (Phi) is 8.33. The van der Waals surface area contributed by atoms with E-state index in [0.717, 1.165) is 31.0 Å². The molecule has 1 atom stereocenters. The summed E-state index contributed by atoms with van der Waals surface area (Å²) in [6.07, 6.45) is 2.22.